The highest BCUT2D eigenvalue weighted by Crippen LogP contribution is 2.16. The van der Waals surface area contributed by atoms with Crippen LogP contribution in [0.4, 0.5) is 5.69 Å². The summed E-state index contributed by atoms with van der Waals surface area (Å²) in [7, 11) is 0. The largest absolute Gasteiger partial charge is 0.490 e. The molecule has 0 aliphatic rings. The summed E-state index contributed by atoms with van der Waals surface area (Å²) in [4.78, 5) is 0. The van der Waals surface area contributed by atoms with Crippen LogP contribution in [0.3, 0.4) is 0 Å². The SMILES string of the molecule is N#C/C(=N\Nc1ccc(OCCOc2ccccc2)cc1)C(=N)N. The van der Waals surface area contributed by atoms with E-state index in [1.54, 1.807) is 30.3 Å². The molecular weight excluding hydrogens is 306 g/mol. The number of ether oxygens (including phenoxy) is 2. The Morgan fingerprint density at radius 2 is 1.62 bits per heavy atom. The van der Waals surface area contributed by atoms with Gasteiger partial charge in [-0.25, -0.2) is 0 Å². The topological polar surface area (TPSA) is 117 Å². The van der Waals surface area contributed by atoms with Crippen molar-refractivity contribution in [1.29, 1.82) is 10.7 Å². The van der Waals surface area contributed by atoms with Crippen LogP contribution in [0.2, 0.25) is 0 Å². The number of rotatable bonds is 8. The molecule has 0 heterocycles. The summed E-state index contributed by atoms with van der Waals surface area (Å²) < 4.78 is 11.1. The predicted octanol–water partition coefficient (Wildman–Crippen LogP) is 2.37. The van der Waals surface area contributed by atoms with E-state index < -0.39 is 0 Å². The number of nitriles is 1. The first-order valence-electron chi connectivity index (χ1n) is 7.18. The van der Waals surface area contributed by atoms with E-state index >= 15 is 0 Å². The van der Waals surface area contributed by atoms with Crippen LogP contribution in [0.5, 0.6) is 11.5 Å². The van der Waals surface area contributed by atoms with Gasteiger partial charge in [0, 0.05) is 0 Å². The van der Waals surface area contributed by atoms with Crippen molar-refractivity contribution in [3.8, 4) is 17.6 Å². The monoisotopic (exact) mass is 323 g/mol. The van der Waals surface area contributed by atoms with Gasteiger partial charge in [-0.2, -0.15) is 10.4 Å². The summed E-state index contributed by atoms with van der Waals surface area (Å²) in [6, 6.07) is 18.3. The molecule has 0 unspecified atom stereocenters. The lowest BCUT2D eigenvalue weighted by Gasteiger charge is -2.09. The second-order valence-electron chi connectivity index (χ2n) is 4.63. The Balaban J connectivity index is 1.78. The fraction of sp³-hybridized carbons (Fsp3) is 0.118. The van der Waals surface area contributed by atoms with Crippen molar-refractivity contribution in [3.05, 3.63) is 54.6 Å². The number of anilines is 1. The zero-order chi connectivity index (χ0) is 17.2. The molecule has 0 aliphatic carbocycles. The molecule has 0 atom stereocenters. The zero-order valence-electron chi connectivity index (χ0n) is 12.9. The van der Waals surface area contributed by atoms with Crippen molar-refractivity contribution in [2.24, 2.45) is 10.8 Å². The molecule has 0 radical (unpaired) electrons. The quantitative estimate of drug-likeness (QED) is 0.298. The van der Waals surface area contributed by atoms with Crippen molar-refractivity contribution in [2.75, 3.05) is 18.6 Å². The minimum atomic E-state index is -0.386. The summed E-state index contributed by atoms with van der Waals surface area (Å²) in [5.74, 6) is 1.11. The number of amidine groups is 1. The normalized spacial score (nSPS) is 10.5. The van der Waals surface area contributed by atoms with E-state index in [4.69, 9.17) is 25.9 Å². The average molecular weight is 323 g/mol. The molecular formula is C17H17N5O2. The fourth-order valence-electron chi connectivity index (χ4n) is 1.73. The standard InChI is InChI=1S/C17H17N5O2/c18-12-16(17(19)20)22-21-13-6-8-15(9-7-13)24-11-10-23-14-4-2-1-3-5-14/h1-9,21H,10-11H2,(H3,19,20)/b22-16+. The maximum Gasteiger partial charge on any atom is 0.201 e. The molecule has 0 amide bonds. The summed E-state index contributed by atoms with van der Waals surface area (Å²) >= 11 is 0. The van der Waals surface area contributed by atoms with Crippen molar-refractivity contribution < 1.29 is 9.47 Å². The van der Waals surface area contributed by atoms with E-state index in [2.05, 4.69) is 10.5 Å². The number of nitrogens with zero attached hydrogens (tertiary/aromatic N) is 2. The Morgan fingerprint density at radius 3 is 2.17 bits per heavy atom. The Bertz CT molecular complexity index is 736. The lowest BCUT2D eigenvalue weighted by atomic mass is 10.3. The zero-order valence-corrected chi connectivity index (χ0v) is 12.9. The third-order valence-electron chi connectivity index (χ3n) is 2.88. The molecule has 0 bridgehead atoms. The van der Waals surface area contributed by atoms with Crippen LogP contribution >= 0.6 is 0 Å². The van der Waals surface area contributed by atoms with Gasteiger partial charge in [-0.1, -0.05) is 18.2 Å². The van der Waals surface area contributed by atoms with Gasteiger partial charge in [0.15, 0.2) is 5.84 Å². The van der Waals surface area contributed by atoms with Crippen LogP contribution in [0, 0.1) is 16.7 Å². The van der Waals surface area contributed by atoms with E-state index in [9.17, 15) is 0 Å². The van der Waals surface area contributed by atoms with Crippen LogP contribution in [0.25, 0.3) is 0 Å². The van der Waals surface area contributed by atoms with E-state index in [0.717, 1.165) is 5.75 Å². The van der Waals surface area contributed by atoms with Gasteiger partial charge in [-0.15, -0.1) is 0 Å². The number of hydrogen-bond acceptors (Lipinski definition) is 6. The first-order valence-corrected chi connectivity index (χ1v) is 7.18. The van der Waals surface area contributed by atoms with Crippen molar-refractivity contribution >= 4 is 17.2 Å². The summed E-state index contributed by atoms with van der Waals surface area (Å²) in [6.07, 6.45) is 0. The number of hydrogen-bond donors (Lipinski definition) is 3. The highest BCUT2D eigenvalue weighted by atomic mass is 16.5. The van der Waals surface area contributed by atoms with Crippen molar-refractivity contribution in [3.63, 3.8) is 0 Å². The minimum Gasteiger partial charge on any atom is -0.490 e. The van der Waals surface area contributed by atoms with Crippen LogP contribution in [0.15, 0.2) is 59.7 Å². The highest BCUT2D eigenvalue weighted by molar-refractivity contribution is 6.45. The summed E-state index contributed by atoms with van der Waals surface area (Å²) in [5, 5.41) is 19.7. The second-order valence-corrected chi connectivity index (χ2v) is 4.63. The number of hydrazone groups is 1. The maximum absolute atomic E-state index is 8.75. The van der Waals surface area contributed by atoms with Crippen LogP contribution in [-0.2, 0) is 0 Å². The molecule has 122 valence electrons. The lowest BCUT2D eigenvalue weighted by Crippen LogP contribution is -2.21. The first-order chi connectivity index (χ1) is 11.7. The summed E-state index contributed by atoms with van der Waals surface area (Å²) in [6.45, 7) is 0.862. The molecule has 0 aliphatic heterocycles. The lowest BCUT2D eigenvalue weighted by molar-refractivity contribution is 0.217. The van der Waals surface area contributed by atoms with Gasteiger partial charge in [-0.3, -0.25) is 10.8 Å². The molecule has 7 nitrogen and oxygen atoms in total. The van der Waals surface area contributed by atoms with E-state index in [1.165, 1.54) is 0 Å². The van der Waals surface area contributed by atoms with E-state index in [0.29, 0.717) is 24.7 Å². The van der Waals surface area contributed by atoms with Crippen LogP contribution in [0.1, 0.15) is 0 Å². The van der Waals surface area contributed by atoms with Crippen LogP contribution < -0.4 is 20.6 Å². The van der Waals surface area contributed by atoms with Gasteiger partial charge in [0.05, 0.1) is 5.69 Å². The number of nitrogens with one attached hydrogen (secondary N) is 2. The van der Waals surface area contributed by atoms with Crippen molar-refractivity contribution in [2.45, 2.75) is 0 Å². The Hall–Kier alpha value is -3.53. The van der Waals surface area contributed by atoms with Crippen LogP contribution in [-0.4, -0.2) is 24.8 Å². The Morgan fingerprint density at radius 1 is 1.04 bits per heavy atom. The molecule has 2 rings (SSSR count). The predicted molar refractivity (Wildman–Crippen MR) is 92.5 cm³/mol. The first kappa shape index (κ1) is 16.8. The Labute approximate surface area is 139 Å². The molecule has 2 aromatic carbocycles. The number of benzene rings is 2. The maximum atomic E-state index is 8.75. The Kier molecular flexibility index (Phi) is 6.17. The fourth-order valence-corrected chi connectivity index (χ4v) is 1.73. The van der Waals surface area contributed by atoms with Gasteiger partial charge in [0.1, 0.15) is 30.8 Å². The number of nitrogens with two attached hydrogens (primary N) is 1. The molecule has 7 heteroatoms. The van der Waals surface area contributed by atoms with Gasteiger partial charge in [0.25, 0.3) is 0 Å². The second kappa shape index (κ2) is 8.80. The minimum absolute atomic E-state index is 0.173. The van der Waals surface area contributed by atoms with Gasteiger partial charge in [-0.05, 0) is 36.4 Å². The van der Waals surface area contributed by atoms with E-state index in [1.807, 2.05) is 30.3 Å². The molecule has 0 fully saturated rings. The van der Waals surface area contributed by atoms with Gasteiger partial charge in [0.2, 0.25) is 5.71 Å². The third kappa shape index (κ3) is 5.35. The third-order valence-corrected chi connectivity index (χ3v) is 2.88. The summed E-state index contributed by atoms with van der Waals surface area (Å²) in [5.41, 5.74) is 8.34. The number of para-hydroxylation sites is 1. The molecule has 0 spiro atoms. The molecule has 0 aromatic heterocycles. The average Bonchev–Trinajstić information content (AvgIpc) is 2.61. The highest BCUT2D eigenvalue weighted by Gasteiger charge is 2.01. The van der Waals surface area contributed by atoms with Gasteiger partial charge < -0.3 is 15.2 Å². The smallest absolute Gasteiger partial charge is 0.201 e. The molecule has 2 aromatic rings. The van der Waals surface area contributed by atoms with Gasteiger partial charge >= 0.3 is 0 Å². The molecule has 4 N–H and O–H groups in total. The van der Waals surface area contributed by atoms with E-state index in [-0.39, 0.29) is 11.5 Å². The molecule has 0 saturated carbocycles. The molecule has 24 heavy (non-hydrogen) atoms. The van der Waals surface area contributed by atoms with Crippen molar-refractivity contribution in [1.82, 2.24) is 0 Å². The molecule has 0 saturated heterocycles.